The molecule has 5 nitrogen and oxygen atoms in total. The molecule has 0 spiro atoms. The second-order valence-corrected chi connectivity index (χ2v) is 7.79. The summed E-state index contributed by atoms with van der Waals surface area (Å²) in [5.74, 6) is 0.778. The highest BCUT2D eigenvalue weighted by Gasteiger charge is 2.26. The van der Waals surface area contributed by atoms with Gasteiger partial charge in [0.15, 0.2) is 0 Å². The Balaban J connectivity index is 0.00000200. The predicted molar refractivity (Wildman–Crippen MR) is 84.9 cm³/mol. The predicted octanol–water partition coefficient (Wildman–Crippen LogP) is 0.811. The molecule has 0 radical (unpaired) electrons. The number of halogens is 1. The average Bonchev–Trinajstić information content (AvgIpc) is 2.38. The molecule has 2 aliphatic rings. The minimum absolute atomic E-state index is 0. The molecule has 2 fully saturated rings. The number of nitrogens with one attached hydrogen (secondary N) is 2. The lowest BCUT2D eigenvalue weighted by Crippen LogP contribution is -2.49. The first-order valence-electron chi connectivity index (χ1n) is 7.44. The molecule has 2 heterocycles. The molecule has 0 aliphatic carbocycles. The molecular formula is C13H28ClN3O2S. The zero-order chi connectivity index (χ0) is 13.7. The molecule has 0 saturated carbocycles. The Labute approximate surface area is 129 Å². The van der Waals surface area contributed by atoms with Gasteiger partial charge in [0.25, 0.3) is 0 Å². The van der Waals surface area contributed by atoms with Gasteiger partial charge in [-0.2, -0.15) is 0 Å². The Bertz CT molecular complexity index is 372. The van der Waals surface area contributed by atoms with E-state index in [0.29, 0.717) is 12.6 Å². The highest BCUT2D eigenvalue weighted by atomic mass is 35.5. The van der Waals surface area contributed by atoms with E-state index < -0.39 is 10.0 Å². The Hall–Kier alpha value is 0.120. The van der Waals surface area contributed by atoms with Gasteiger partial charge in [-0.25, -0.2) is 13.1 Å². The summed E-state index contributed by atoms with van der Waals surface area (Å²) in [4.78, 5) is 2.51. The molecule has 1 unspecified atom stereocenters. The zero-order valence-corrected chi connectivity index (χ0v) is 13.9. The first-order chi connectivity index (χ1) is 9.04. The summed E-state index contributed by atoms with van der Waals surface area (Å²) in [6.07, 6.45) is 7.34. The molecule has 7 heteroatoms. The average molecular weight is 326 g/mol. The van der Waals surface area contributed by atoms with Crippen LogP contribution in [-0.4, -0.2) is 58.3 Å². The molecule has 2 N–H and O–H groups in total. The molecule has 0 amide bonds. The van der Waals surface area contributed by atoms with Crippen molar-refractivity contribution in [3.63, 3.8) is 0 Å². The molecule has 0 bridgehead atoms. The molecule has 2 saturated heterocycles. The van der Waals surface area contributed by atoms with Crippen LogP contribution in [0.2, 0.25) is 0 Å². The molecule has 20 heavy (non-hydrogen) atoms. The first kappa shape index (κ1) is 18.2. The second-order valence-electron chi connectivity index (χ2n) is 5.96. The van der Waals surface area contributed by atoms with Gasteiger partial charge in [-0.1, -0.05) is 6.42 Å². The molecule has 0 aromatic heterocycles. The van der Waals surface area contributed by atoms with Crippen molar-refractivity contribution in [2.24, 2.45) is 5.92 Å². The van der Waals surface area contributed by atoms with Crippen LogP contribution in [0.15, 0.2) is 0 Å². The molecule has 2 aliphatic heterocycles. The van der Waals surface area contributed by atoms with Crippen LogP contribution in [0.1, 0.15) is 32.1 Å². The van der Waals surface area contributed by atoms with Gasteiger partial charge in [-0.3, -0.25) is 4.90 Å². The van der Waals surface area contributed by atoms with Gasteiger partial charge >= 0.3 is 0 Å². The fourth-order valence-corrected chi connectivity index (χ4v) is 3.67. The van der Waals surface area contributed by atoms with Crippen LogP contribution in [0.5, 0.6) is 0 Å². The number of likely N-dealkylation sites (tertiary alicyclic amines) is 1. The number of piperidine rings is 2. The maximum Gasteiger partial charge on any atom is 0.208 e. The van der Waals surface area contributed by atoms with Gasteiger partial charge in [0.1, 0.15) is 0 Å². The second kappa shape index (κ2) is 8.54. The van der Waals surface area contributed by atoms with Crippen molar-refractivity contribution in [3.05, 3.63) is 0 Å². The third-order valence-electron chi connectivity index (χ3n) is 4.28. The zero-order valence-electron chi connectivity index (χ0n) is 12.3. The van der Waals surface area contributed by atoms with E-state index in [9.17, 15) is 8.42 Å². The third kappa shape index (κ3) is 6.26. The number of sulfonamides is 1. The Morgan fingerprint density at radius 2 is 1.90 bits per heavy atom. The Morgan fingerprint density at radius 1 is 1.20 bits per heavy atom. The summed E-state index contributed by atoms with van der Waals surface area (Å²) >= 11 is 0. The molecule has 120 valence electrons. The minimum atomic E-state index is -3.07. The van der Waals surface area contributed by atoms with Gasteiger partial charge in [0.2, 0.25) is 10.0 Å². The van der Waals surface area contributed by atoms with Crippen LogP contribution in [0, 0.1) is 5.92 Å². The summed E-state index contributed by atoms with van der Waals surface area (Å²) < 4.78 is 25.1. The summed E-state index contributed by atoms with van der Waals surface area (Å²) in [7, 11) is -3.07. The van der Waals surface area contributed by atoms with E-state index in [1.807, 2.05) is 0 Å². The maximum absolute atomic E-state index is 11.2. The van der Waals surface area contributed by atoms with E-state index in [2.05, 4.69) is 14.9 Å². The molecule has 2 rings (SSSR count). The van der Waals surface area contributed by atoms with Crippen molar-refractivity contribution in [2.45, 2.75) is 38.1 Å². The summed E-state index contributed by atoms with van der Waals surface area (Å²) in [5.41, 5.74) is 0. The summed E-state index contributed by atoms with van der Waals surface area (Å²) in [5, 5.41) is 3.40. The van der Waals surface area contributed by atoms with Crippen molar-refractivity contribution < 1.29 is 8.42 Å². The monoisotopic (exact) mass is 325 g/mol. The quantitative estimate of drug-likeness (QED) is 0.785. The lowest BCUT2D eigenvalue weighted by Gasteiger charge is -2.38. The number of nitrogens with zero attached hydrogens (tertiary/aromatic N) is 1. The van der Waals surface area contributed by atoms with Gasteiger partial charge in [-0.15, -0.1) is 12.4 Å². The van der Waals surface area contributed by atoms with Crippen LogP contribution in [0.4, 0.5) is 0 Å². The number of rotatable bonds is 5. The van der Waals surface area contributed by atoms with Crippen molar-refractivity contribution >= 4 is 22.4 Å². The van der Waals surface area contributed by atoms with E-state index in [0.717, 1.165) is 38.5 Å². The van der Waals surface area contributed by atoms with Crippen molar-refractivity contribution in [1.82, 2.24) is 14.9 Å². The first-order valence-corrected chi connectivity index (χ1v) is 9.33. The third-order valence-corrected chi connectivity index (χ3v) is 4.97. The number of hydrogen-bond acceptors (Lipinski definition) is 4. The van der Waals surface area contributed by atoms with Gasteiger partial charge in [0.05, 0.1) is 6.26 Å². The van der Waals surface area contributed by atoms with Crippen LogP contribution >= 0.6 is 12.4 Å². The molecule has 1 atom stereocenters. The van der Waals surface area contributed by atoms with E-state index in [-0.39, 0.29) is 12.4 Å². The lowest BCUT2D eigenvalue weighted by atomic mass is 9.94. The molecule has 0 aromatic rings. The van der Waals surface area contributed by atoms with Crippen LogP contribution in [-0.2, 0) is 10.0 Å². The van der Waals surface area contributed by atoms with Crippen molar-refractivity contribution in [3.8, 4) is 0 Å². The van der Waals surface area contributed by atoms with Crippen molar-refractivity contribution in [1.29, 1.82) is 0 Å². The largest absolute Gasteiger partial charge is 0.317 e. The maximum atomic E-state index is 11.2. The van der Waals surface area contributed by atoms with E-state index in [1.165, 1.54) is 31.9 Å². The normalized spacial score (nSPS) is 26.1. The smallest absolute Gasteiger partial charge is 0.208 e. The summed E-state index contributed by atoms with van der Waals surface area (Å²) in [6.45, 7) is 5.09. The fourth-order valence-electron chi connectivity index (χ4n) is 3.18. The highest BCUT2D eigenvalue weighted by molar-refractivity contribution is 7.88. The van der Waals surface area contributed by atoms with Gasteiger partial charge in [0, 0.05) is 19.1 Å². The SMILES string of the molecule is CS(=O)(=O)NCC1CCCCN1CC1CCNCC1.Cl. The molecule has 0 aromatic carbocycles. The van der Waals surface area contributed by atoms with Crippen LogP contribution < -0.4 is 10.0 Å². The Morgan fingerprint density at radius 3 is 2.55 bits per heavy atom. The highest BCUT2D eigenvalue weighted by Crippen LogP contribution is 2.21. The topological polar surface area (TPSA) is 61.4 Å². The lowest BCUT2D eigenvalue weighted by molar-refractivity contribution is 0.117. The van der Waals surface area contributed by atoms with E-state index in [1.54, 1.807) is 0 Å². The number of hydrogen-bond donors (Lipinski definition) is 2. The van der Waals surface area contributed by atoms with Gasteiger partial charge in [-0.05, 0) is 51.2 Å². The van der Waals surface area contributed by atoms with Crippen LogP contribution in [0.3, 0.4) is 0 Å². The standard InChI is InChI=1S/C13H27N3O2S.ClH/c1-19(17,18)15-10-13-4-2-3-9-16(13)11-12-5-7-14-8-6-12;/h12-15H,2-11H2,1H3;1H. The van der Waals surface area contributed by atoms with Gasteiger partial charge < -0.3 is 5.32 Å². The summed E-state index contributed by atoms with van der Waals surface area (Å²) in [6, 6.07) is 0.387. The Kier molecular flexibility index (Phi) is 7.75. The van der Waals surface area contributed by atoms with Crippen LogP contribution in [0.25, 0.3) is 0 Å². The fraction of sp³-hybridized carbons (Fsp3) is 1.00. The minimum Gasteiger partial charge on any atom is -0.317 e. The van der Waals surface area contributed by atoms with E-state index >= 15 is 0 Å². The molecular weight excluding hydrogens is 298 g/mol. The van der Waals surface area contributed by atoms with E-state index in [4.69, 9.17) is 0 Å². The van der Waals surface area contributed by atoms with Crippen molar-refractivity contribution in [2.75, 3.05) is 39.0 Å².